The van der Waals surface area contributed by atoms with Crippen molar-refractivity contribution in [3.63, 3.8) is 0 Å². The molecule has 3 nitrogen and oxygen atoms in total. The van der Waals surface area contributed by atoms with Crippen LogP contribution in [0.4, 0.5) is 0 Å². The highest BCUT2D eigenvalue weighted by Crippen LogP contribution is 2.26. The molecule has 0 saturated heterocycles. The molecule has 0 aromatic heterocycles. The number of hydrogen-bond acceptors (Lipinski definition) is 3. The predicted molar refractivity (Wildman–Crippen MR) is 65.0 cm³/mol. The molecule has 1 saturated carbocycles. The number of carbonyl (C=O) groups is 1. The van der Waals surface area contributed by atoms with Crippen LogP contribution in [-0.2, 0) is 9.53 Å². The normalized spacial score (nSPS) is 19.8. The van der Waals surface area contributed by atoms with Gasteiger partial charge >= 0.3 is 5.97 Å². The number of carbonyl (C=O) groups excluding carboxylic acids is 1. The van der Waals surface area contributed by atoms with Gasteiger partial charge in [-0.2, -0.15) is 0 Å². The van der Waals surface area contributed by atoms with E-state index in [1.165, 1.54) is 19.3 Å². The first-order chi connectivity index (χ1) is 7.61. The molecule has 3 heteroatoms. The number of ether oxygens (including phenoxy) is 1. The van der Waals surface area contributed by atoms with Gasteiger partial charge in [0, 0.05) is 0 Å². The number of nitrogens with two attached hydrogens (primary N) is 1. The molecule has 1 atom stereocenters. The van der Waals surface area contributed by atoms with E-state index in [0.29, 0.717) is 18.4 Å². The molecule has 1 aliphatic rings. The van der Waals surface area contributed by atoms with Gasteiger partial charge in [-0.15, -0.1) is 0 Å². The van der Waals surface area contributed by atoms with Gasteiger partial charge < -0.3 is 10.5 Å². The van der Waals surface area contributed by atoms with Gasteiger partial charge in [0.1, 0.15) is 6.04 Å². The van der Waals surface area contributed by atoms with E-state index in [1.54, 1.807) is 0 Å². The van der Waals surface area contributed by atoms with E-state index < -0.39 is 6.04 Å². The van der Waals surface area contributed by atoms with Crippen molar-refractivity contribution in [3.8, 4) is 0 Å². The van der Waals surface area contributed by atoms with Crippen LogP contribution >= 0.6 is 0 Å². The molecule has 0 amide bonds. The van der Waals surface area contributed by atoms with E-state index in [2.05, 4.69) is 13.8 Å². The third-order valence-electron chi connectivity index (χ3n) is 3.37. The zero-order valence-electron chi connectivity index (χ0n) is 10.6. The quantitative estimate of drug-likeness (QED) is 0.734. The van der Waals surface area contributed by atoms with E-state index in [9.17, 15) is 4.79 Å². The average molecular weight is 227 g/mol. The first-order valence-corrected chi connectivity index (χ1v) is 6.53. The summed E-state index contributed by atoms with van der Waals surface area (Å²) in [5.74, 6) is 0.714. The van der Waals surface area contributed by atoms with Crippen LogP contribution in [0, 0.1) is 11.8 Å². The Hall–Kier alpha value is -0.570. The molecule has 0 radical (unpaired) electrons. The van der Waals surface area contributed by atoms with Crippen LogP contribution in [-0.4, -0.2) is 18.6 Å². The highest BCUT2D eigenvalue weighted by atomic mass is 16.5. The number of hydrogen-bond donors (Lipinski definition) is 1. The fourth-order valence-electron chi connectivity index (χ4n) is 2.18. The van der Waals surface area contributed by atoms with E-state index in [1.807, 2.05) is 0 Å². The topological polar surface area (TPSA) is 52.3 Å². The summed E-state index contributed by atoms with van der Waals surface area (Å²) < 4.78 is 5.20. The predicted octanol–water partition coefficient (Wildman–Crippen LogP) is 2.48. The Bertz CT molecular complexity index is 210. The van der Waals surface area contributed by atoms with Crippen molar-refractivity contribution in [2.75, 3.05) is 6.61 Å². The van der Waals surface area contributed by atoms with Gasteiger partial charge in [-0.05, 0) is 31.1 Å². The van der Waals surface area contributed by atoms with Gasteiger partial charge in [0.05, 0.1) is 6.61 Å². The molecular formula is C13H25NO2. The van der Waals surface area contributed by atoms with E-state index in [-0.39, 0.29) is 5.97 Å². The minimum absolute atomic E-state index is 0.201. The van der Waals surface area contributed by atoms with Crippen molar-refractivity contribution in [1.82, 2.24) is 0 Å². The summed E-state index contributed by atoms with van der Waals surface area (Å²) in [6.07, 6.45) is 6.78. The molecular weight excluding hydrogens is 202 g/mol. The highest BCUT2D eigenvalue weighted by molar-refractivity contribution is 5.75. The molecule has 0 spiro atoms. The number of esters is 1. The van der Waals surface area contributed by atoms with Gasteiger partial charge in [0.25, 0.3) is 0 Å². The molecule has 2 N–H and O–H groups in total. The molecule has 94 valence electrons. The maximum Gasteiger partial charge on any atom is 0.323 e. The third kappa shape index (κ3) is 4.52. The highest BCUT2D eigenvalue weighted by Gasteiger charge is 2.27. The van der Waals surface area contributed by atoms with Crippen molar-refractivity contribution in [1.29, 1.82) is 0 Å². The minimum Gasteiger partial charge on any atom is -0.465 e. The summed E-state index contributed by atoms with van der Waals surface area (Å²) >= 11 is 0. The van der Waals surface area contributed by atoms with Gasteiger partial charge in [-0.3, -0.25) is 4.79 Å². The van der Waals surface area contributed by atoms with E-state index in [0.717, 1.165) is 19.3 Å². The van der Waals surface area contributed by atoms with Crippen LogP contribution in [0.15, 0.2) is 0 Å². The minimum atomic E-state index is -0.396. The molecule has 0 heterocycles. The summed E-state index contributed by atoms with van der Waals surface area (Å²) in [6, 6.07) is -0.396. The Kier molecular flexibility index (Phi) is 5.81. The summed E-state index contributed by atoms with van der Waals surface area (Å²) in [6.45, 7) is 4.75. The number of rotatable bonds is 5. The fraction of sp³-hybridized carbons (Fsp3) is 0.923. The Morgan fingerprint density at radius 2 is 1.94 bits per heavy atom. The second-order valence-corrected chi connectivity index (χ2v) is 5.27. The average Bonchev–Trinajstić information content (AvgIpc) is 2.28. The Morgan fingerprint density at radius 1 is 1.31 bits per heavy atom. The lowest BCUT2D eigenvalue weighted by Gasteiger charge is -2.26. The Morgan fingerprint density at radius 3 is 2.50 bits per heavy atom. The zero-order valence-corrected chi connectivity index (χ0v) is 10.6. The molecule has 1 fully saturated rings. The molecule has 1 aliphatic carbocycles. The van der Waals surface area contributed by atoms with Crippen LogP contribution < -0.4 is 5.73 Å². The van der Waals surface area contributed by atoms with Gasteiger partial charge in [0.15, 0.2) is 0 Å². The summed E-state index contributed by atoms with van der Waals surface area (Å²) in [7, 11) is 0. The monoisotopic (exact) mass is 227 g/mol. The van der Waals surface area contributed by atoms with Crippen molar-refractivity contribution in [2.45, 2.75) is 58.4 Å². The first kappa shape index (κ1) is 13.5. The molecule has 0 bridgehead atoms. The van der Waals surface area contributed by atoms with Crippen LogP contribution in [0.2, 0.25) is 0 Å². The third-order valence-corrected chi connectivity index (χ3v) is 3.37. The van der Waals surface area contributed by atoms with Crippen molar-refractivity contribution >= 4 is 5.97 Å². The zero-order chi connectivity index (χ0) is 12.0. The lowest BCUT2D eigenvalue weighted by Crippen LogP contribution is -2.40. The van der Waals surface area contributed by atoms with Crippen LogP contribution in [0.3, 0.4) is 0 Å². The standard InChI is InChI=1S/C13H25NO2/c1-10(2)8-9-16-13(15)12(14)11-6-4-3-5-7-11/h10-12H,3-9,14H2,1-2H3. The van der Waals surface area contributed by atoms with Crippen LogP contribution in [0.25, 0.3) is 0 Å². The van der Waals surface area contributed by atoms with Crippen LogP contribution in [0.1, 0.15) is 52.4 Å². The van der Waals surface area contributed by atoms with E-state index in [4.69, 9.17) is 10.5 Å². The summed E-state index contributed by atoms with van der Waals surface area (Å²) in [5.41, 5.74) is 5.93. The van der Waals surface area contributed by atoms with Crippen molar-refractivity contribution < 1.29 is 9.53 Å². The molecule has 16 heavy (non-hydrogen) atoms. The van der Waals surface area contributed by atoms with Crippen molar-refractivity contribution in [3.05, 3.63) is 0 Å². The Balaban J connectivity index is 2.23. The second-order valence-electron chi connectivity index (χ2n) is 5.27. The van der Waals surface area contributed by atoms with Gasteiger partial charge in [-0.1, -0.05) is 33.1 Å². The van der Waals surface area contributed by atoms with Crippen molar-refractivity contribution in [2.24, 2.45) is 17.6 Å². The lowest BCUT2D eigenvalue weighted by atomic mass is 9.84. The lowest BCUT2D eigenvalue weighted by molar-refractivity contribution is -0.147. The van der Waals surface area contributed by atoms with Gasteiger partial charge in [-0.25, -0.2) is 0 Å². The second kappa shape index (κ2) is 6.89. The van der Waals surface area contributed by atoms with Crippen LogP contribution in [0.5, 0.6) is 0 Å². The molecule has 1 unspecified atom stereocenters. The summed E-state index contributed by atoms with van der Waals surface area (Å²) in [4.78, 5) is 11.7. The Labute approximate surface area is 98.7 Å². The maximum absolute atomic E-state index is 11.7. The van der Waals surface area contributed by atoms with E-state index >= 15 is 0 Å². The molecule has 0 aromatic rings. The summed E-state index contributed by atoms with van der Waals surface area (Å²) in [5, 5.41) is 0. The fourth-order valence-corrected chi connectivity index (χ4v) is 2.18. The molecule has 0 aromatic carbocycles. The maximum atomic E-state index is 11.7. The SMILES string of the molecule is CC(C)CCOC(=O)C(N)C1CCCCC1. The smallest absolute Gasteiger partial charge is 0.323 e. The van der Waals surface area contributed by atoms with Gasteiger partial charge in [0.2, 0.25) is 0 Å². The first-order valence-electron chi connectivity index (χ1n) is 6.53. The molecule has 0 aliphatic heterocycles. The largest absolute Gasteiger partial charge is 0.465 e. The molecule has 1 rings (SSSR count).